The molecule has 0 amide bonds. The van der Waals surface area contributed by atoms with Gasteiger partial charge in [0.05, 0.1) is 22.7 Å². The lowest BCUT2D eigenvalue weighted by atomic mass is 10.1. The summed E-state index contributed by atoms with van der Waals surface area (Å²) < 4.78 is 9.99. The highest BCUT2D eigenvalue weighted by Crippen LogP contribution is 2.22. The summed E-state index contributed by atoms with van der Waals surface area (Å²) >= 11 is 3.53. The molecule has 0 spiro atoms. The average molecular weight is 483 g/mol. The number of hydrogen-bond donors (Lipinski definition) is 2. The zero-order chi connectivity index (χ0) is 21.2. The van der Waals surface area contributed by atoms with Gasteiger partial charge in [0.1, 0.15) is 0 Å². The summed E-state index contributed by atoms with van der Waals surface area (Å²) in [4.78, 5) is 13.6. The summed E-state index contributed by atoms with van der Waals surface area (Å²) in [5.74, 6) is 1.23. The van der Waals surface area contributed by atoms with Crippen molar-refractivity contribution in [1.82, 2.24) is 29.1 Å². The Balaban J connectivity index is 1.34. The monoisotopic (exact) mass is 482 g/mol. The van der Waals surface area contributed by atoms with Crippen LogP contribution >= 0.6 is 15.9 Å². The van der Waals surface area contributed by atoms with Crippen LogP contribution in [0.3, 0.4) is 0 Å². The van der Waals surface area contributed by atoms with Gasteiger partial charge in [-0.25, -0.2) is 4.98 Å². The second kappa shape index (κ2) is 8.64. The number of halogens is 1. The molecule has 4 heterocycles. The first-order valence-corrected chi connectivity index (χ1v) is 11.0. The predicted octanol–water partition coefficient (Wildman–Crippen LogP) is 3.58. The number of rotatable bonds is 6. The first kappa shape index (κ1) is 20.0. The van der Waals surface area contributed by atoms with E-state index in [9.17, 15) is 0 Å². The van der Waals surface area contributed by atoms with Gasteiger partial charge in [-0.1, -0.05) is 12.1 Å². The molecule has 9 nitrogen and oxygen atoms in total. The summed E-state index contributed by atoms with van der Waals surface area (Å²) in [6.07, 6.45) is 7.45. The standard InChI is InChI=1S/C21H23BrN8O/c1-14-12-29(13-24-14)17-4-2-15(3-5-17)10-23-21-28-20(26-16-6-8-31-9-7-16)27-19-18(22)11-25-30(19)21/h2-5,11-13,16H,6-10H2,1H3,(H2,23,26,27,28). The highest BCUT2D eigenvalue weighted by molar-refractivity contribution is 9.10. The molecule has 4 aromatic rings. The van der Waals surface area contributed by atoms with E-state index in [0.29, 0.717) is 24.5 Å². The zero-order valence-corrected chi connectivity index (χ0v) is 18.7. The molecule has 1 aromatic carbocycles. The van der Waals surface area contributed by atoms with Crippen molar-refractivity contribution in [1.29, 1.82) is 0 Å². The summed E-state index contributed by atoms with van der Waals surface area (Å²) in [5, 5.41) is 11.2. The fourth-order valence-electron chi connectivity index (χ4n) is 3.58. The number of fused-ring (bicyclic) bond motifs is 1. The number of benzene rings is 1. The molecule has 160 valence electrons. The van der Waals surface area contributed by atoms with Crippen LogP contribution in [0.1, 0.15) is 24.1 Å². The maximum Gasteiger partial charge on any atom is 0.229 e. The number of aromatic nitrogens is 6. The Morgan fingerprint density at radius 1 is 1.16 bits per heavy atom. The van der Waals surface area contributed by atoms with E-state index in [-0.39, 0.29) is 0 Å². The first-order valence-electron chi connectivity index (χ1n) is 10.2. The Hall–Kier alpha value is -2.98. The molecular weight excluding hydrogens is 460 g/mol. The lowest BCUT2D eigenvalue weighted by Gasteiger charge is -2.23. The SMILES string of the molecule is Cc1cn(-c2ccc(CNc3nc(NC4CCOCC4)nc4c(Br)cnn34)cc2)cn1. The van der Waals surface area contributed by atoms with Crippen molar-refractivity contribution >= 4 is 33.5 Å². The molecular formula is C21H23BrN8O. The fraction of sp³-hybridized carbons (Fsp3) is 0.333. The number of anilines is 2. The minimum atomic E-state index is 0.310. The van der Waals surface area contributed by atoms with Crippen LogP contribution in [0.5, 0.6) is 0 Å². The molecule has 2 N–H and O–H groups in total. The molecule has 0 atom stereocenters. The molecule has 0 saturated carbocycles. The molecule has 0 unspecified atom stereocenters. The van der Waals surface area contributed by atoms with E-state index in [4.69, 9.17) is 4.74 Å². The van der Waals surface area contributed by atoms with Crippen molar-refractivity contribution in [2.75, 3.05) is 23.8 Å². The number of imidazole rings is 1. The van der Waals surface area contributed by atoms with Crippen molar-refractivity contribution in [3.05, 3.63) is 58.7 Å². The molecule has 0 aliphatic carbocycles. The van der Waals surface area contributed by atoms with Gasteiger partial charge in [-0.2, -0.15) is 19.6 Å². The van der Waals surface area contributed by atoms with Gasteiger partial charge in [0.15, 0.2) is 5.65 Å². The Morgan fingerprint density at radius 2 is 1.97 bits per heavy atom. The summed E-state index contributed by atoms with van der Waals surface area (Å²) in [5.41, 5.74) is 3.93. The first-order chi connectivity index (χ1) is 15.2. The third-order valence-electron chi connectivity index (χ3n) is 5.28. The van der Waals surface area contributed by atoms with Crippen molar-refractivity contribution in [2.24, 2.45) is 0 Å². The molecule has 31 heavy (non-hydrogen) atoms. The molecule has 3 aromatic heterocycles. The van der Waals surface area contributed by atoms with E-state index in [1.165, 1.54) is 0 Å². The molecule has 1 aliphatic heterocycles. The van der Waals surface area contributed by atoms with E-state index >= 15 is 0 Å². The van der Waals surface area contributed by atoms with Crippen molar-refractivity contribution in [3.63, 3.8) is 0 Å². The molecule has 0 radical (unpaired) electrons. The van der Waals surface area contributed by atoms with E-state index in [0.717, 1.165) is 53.1 Å². The fourth-order valence-corrected chi connectivity index (χ4v) is 3.93. The Labute approximate surface area is 188 Å². The topological polar surface area (TPSA) is 94.2 Å². The normalized spacial score (nSPS) is 14.8. The molecule has 5 rings (SSSR count). The molecule has 1 aliphatic rings. The second-order valence-electron chi connectivity index (χ2n) is 7.57. The number of nitrogens with one attached hydrogen (secondary N) is 2. The minimum absolute atomic E-state index is 0.310. The predicted molar refractivity (Wildman–Crippen MR) is 122 cm³/mol. The molecule has 1 fully saturated rings. The van der Waals surface area contributed by atoms with Crippen LogP contribution in [0.25, 0.3) is 11.3 Å². The van der Waals surface area contributed by atoms with Gasteiger partial charge in [0.25, 0.3) is 0 Å². The lowest BCUT2D eigenvalue weighted by Crippen LogP contribution is -2.29. The smallest absolute Gasteiger partial charge is 0.229 e. The number of aryl methyl sites for hydroxylation is 1. The van der Waals surface area contributed by atoms with Crippen molar-refractivity contribution < 1.29 is 4.74 Å². The van der Waals surface area contributed by atoms with Gasteiger partial charge in [0, 0.05) is 37.7 Å². The third kappa shape index (κ3) is 4.40. The Kier molecular flexibility index (Phi) is 5.56. The number of hydrogen-bond acceptors (Lipinski definition) is 7. The van der Waals surface area contributed by atoms with Crippen LogP contribution in [0.15, 0.2) is 47.5 Å². The molecule has 1 saturated heterocycles. The van der Waals surface area contributed by atoms with Crippen LogP contribution in [0.4, 0.5) is 11.9 Å². The number of ether oxygens (including phenoxy) is 1. The van der Waals surface area contributed by atoms with E-state index in [1.54, 1.807) is 10.7 Å². The van der Waals surface area contributed by atoms with Crippen LogP contribution < -0.4 is 10.6 Å². The summed E-state index contributed by atoms with van der Waals surface area (Å²) in [6, 6.07) is 8.66. The van der Waals surface area contributed by atoms with Crippen LogP contribution in [-0.4, -0.2) is 48.4 Å². The third-order valence-corrected chi connectivity index (χ3v) is 5.84. The van der Waals surface area contributed by atoms with Crippen molar-refractivity contribution in [2.45, 2.75) is 32.4 Å². The second-order valence-corrected chi connectivity index (χ2v) is 8.43. The van der Waals surface area contributed by atoms with Crippen LogP contribution in [0.2, 0.25) is 0 Å². The summed E-state index contributed by atoms with van der Waals surface area (Å²) in [6.45, 7) is 4.12. The lowest BCUT2D eigenvalue weighted by molar-refractivity contribution is 0.0903. The van der Waals surface area contributed by atoms with Gasteiger partial charge in [0.2, 0.25) is 11.9 Å². The largest absolute Gasteiger partial charge is 0.381 e. The highest BCUT2D eigenvalue weighted by atomic mass is 79.9. The zero-order valence-electron chi connectivity index (χ0n) is 17.1. The van der Waals surface area contributed by atoms with E-state index < -0.39 is 0 Å². The maximum absolute atomic E-state index is 5.44. The van der Waals surface area contributed by atoms with Gasteiger partial charge >= 0.3 is 0 Å². The van der Waals surface area contributed by atoms with Crippen molar-refractivity contribution in [3.8, 4) is 5.69 Å². The van der Waals surface area contributed by atoms with Crippen LogP contribution in [-0.2, 0) is 11.3 Å². The van der Waals surface area contributed by atoms with Gasteiger partial charge in [-0.3, -0.25) is 0 Å². The van der Waals surface area contributed by atoms with Gasteiger partial charge in [-0.15, -0.1) is 0 Å². The summed E-state index contributed by atoms with van der Waals surface area (Å²) in [7, 11) is 0. The van der Waals surface area contributed by atoms with E-state index in [1.807, 2.05) is 24.0 Å². The maximum atomic E-state index is 5.44. The van der Waals surface area contributed by atoms with Gasteiger partial charge < -0.3 is 19.9 Å². The van der Waals surface area contributed by atoms with Crippen LogP contribution in [0, 0.1) is 6.92 Å². The van der Waals surface area contributed by atoms with E-state index in [2.05, 4.69) is 70.9 Å². The highest BCUT2D eigenvalue weighted by Gasteiger charge is 2.17. The Morgan fingerprint density at radius 3 is 2.71 bits per heavy atom. The molecule has 0 bridgehead atoms. The minimum Gasteiger partial charge on any atom is -0.381 e. The number of nitrogens with zero attached hydrogens (tertiary/aromatic N) is 6. The van der Waals surface area contributed by atoms with Gasteiger partial charge in [-0.05, 0) is 53.4 Å². The average Bonchev–Trinajstić information content (AvgIpc) is 3.39. The quantitative estimate of drug-likeness (QED) is 0.433. The Bertz CT molecular complexity index is 1180. The molecule has 10 heteroatoms.